The van der Waals surface area contributed by atoms with Gasteiger partial charge >= 0.3 is 0 Å². The van der Waals surface area contributed by atoms with Gasteiger partial charge in [-0.15, -0.1) is 0 Å². The summed E-state index contributed by atoms with van der Waals surface area (Å²) in [4.78, 5) is 0.910. The van der Waals surface area contributed by atoms with Crippen LogP contribution in [0, 0.1) is 0 Å². The predicted octanol–water partition coefficient (Wildman–Crippen LogP) is 3.66. The maximum absolute atomic E-state index is 11.9. The molecule has 0 fully saturated rings. The van der Waals surface area contributed by atoms with Crippen molar-refractivity contribution in [3.05, 3.63) is 53.6 Å². The van der Waals surface area contributed by atoms with Crippen LogP contribution < -0.4 is 5.32 Å². The van der Waals surface area contributed by atoms with Gasteiger partial charge in [0.25, 0.3) is 0 Å². The second kappa shape index (κ2) is 5.17. The van der Waals surface area contributed by atoms with E-state index in [1.807, 2.05) is 25.1 Å². The van der Waals surface area contributed by atoms with Gasteiger partial charge in [0, 0.05) is 22.0 Å². The van der Waals surface area contributed by atoms with E-state index in [1.165, 1.54) is 16.8 Å². The minimum atomic E-state index is -0.892. The van der Waals surface area contributed by atoms with E-state index in [2.05, 4.69) is 29.6 Å². The summed E-state index contributed by atoms with van der Waals surface area (Å²) in [5.74, 6) is 0.662. The number of anilines is 2. The standard InChI is InChI=1S/C16H17NOS/c1-2-19(18)14-10-9-13-8-7-12-5-3-4-6-15(12)17-16(13)11-14/h3-6,9-11,17H,2,7-8H2,1H3. The molecule has 0 saturated heterocycles. The molecule has 2 nitrogen and oxygen atoms in total. The van der Waals surface area contributed by atoms with Crippen LogP contribution in [0.15, 0.2) is 47.4 Å². The second-order valence-electron chi connectivity index (χ2n) is 4.74. The molecule has 1 atom stereocenters. The molecule has 3 heteroatoms. The molecule has 1 N–H and O–H groups in total. The molecule has 98 valence electrons. The Morgan fingerprint density at radius 2 is 1.79 bits per heavy atom. The van der Waals surface area contributed by atoms with Crippen molar-refractivity contribution in [1.82, 2.24) is 0 Å². The number of nitrogens with one attached hydrogen (secondary N) is 1. The summed E-state index contributed by atoms with van der Waals surface area (Å²) in [5, 5.41) is 3.49. The summed E-state index contributed by atoms with van der Waals surface area (Å²) < 4.78 is 11.9. The molecular formula is C16H17NOS. The Balaban J connectivity index is 2.02. The summed E-state index contributed by atoms with van der Waals surface area (Å²) in [6.45, 7) is 1.95. The van der Waals surface area contributed by atoms with Crippen LogP contribution >= 0.6 is 0 Å². The van der Waals surface area contributed by atoms with Crippen molar-refractivity contribution < 1.29 is 4.21 Å². The lowest BCUT2D eigenvalue weighted by atomic mass is 10.0. The molecule has 1 aliphatic rings. The second-order valence-corrected chi connectivity index (χ2v) is 6.48. The van der Waals surface area contributed by atoms with Crippen LogP contribution in [0.5, 0.6) is 0 Å². The highest BCUT2D eigenvalue weighted by molar-refractivity contribution is 7.85. The SMILES string of the molecule is CCS(=O)c1ccc2c(c1)Nc1ccccc1CC2. The zero-order valence-corrected chi connectivity index (χ0v) is 11.8. The Labute approximate surface area is 116 Å². The predicted molar refractivity (Wildman–Crippen MR) is 80.5 cm³/mol. The minimum Gasteiger partial charge on any atom is -0.355 e. The Morgan fingerprint density at radius 3 is 2.58 bits per heavy atom. The van der Waals surface area contributed by atoms with E-state index in [4.69, 9.17) is 0 Å². The average molecular weight is 271 g/mol. The molecule has 0 saturated carbocycles. The van der Waals surface area contributed by atoms with Crippen molar-refractivity contribution >= 4 is 22.2 Å². The number of aryl methyl sites for hydroxylation is 2. The van der Waals surface area contributed by atoms with Crippen LogP contribution in [0.4, 0.5) is 11.4 Å². The van der Waals surface area contributed by atoms with Gasteiger partial charge in [-0.3, -0.25) is 4.21 Å². The molecule has 2 aromatic rings. The third kappa shape index (κ3) is 2.43. The van der Waals surface area contributed by atoms with Gasteiger partial charge in [0.1, 0.15) is 0 Å². The van der Waals surface area contributed by atoms with Gasteiger partial charge in [0.05, 0.1) is 10.8 Å². The fourth-order valence-corrected chi connectivity index (χ4v) is 3.28. The Morgan fingerprint density at radius 1 is 1.05 bits per heavy atom. The van der Waals surface area contributed by atoms with Crippen LogP contribution in [0.3, 0.4) is 0 Å². The normalized spacial score (nSPS) is 14.8. The fourth-order valence-electron chi connectivity index (χ4n) is 2.47. The van der Waals surface area contributed by atoms with E-state index < -0.39 is 10.8 Å². The van der Waals surface area contributed by atoms with Crippen molar-refractivity contribution in [1.29, 1.82) is 0 Å². The number of para-hydroxylation sites is 1. The first-order valence-corrected chi connectivity index (χ1v) is 7.96. The van der Waals surface area contributed by atoms with Gasteiger partial charge in [-0.25, -0.2) is 0 Å². The van der Waals surface area contributed by atoms with E-state index in [0.29, 0.717) is 5.75 Å². The van der Waals surface area contributed by atoms with E-state index in [1.54, 1.807) is 0 Å². The molecule has 3 rings (SSSR count). The first-order valence-electron chi connectivity index (χ1n) is 6.64. The zero-order valence-electron chi connectivity index (χ0n) is 11.0. The third-order valence-electron chi connectivity index (χ3n) is 3.56. The van der Waals surface area contributed by atoms with Crippen molar-refractivity contribution in [3.63, 3.8) is 0 Å². The van der Waals surface area contributed by atoms with Gasteiger partial charge in [0.2, 0.25) is 0 Å². The van der Waals surface area contributed by atoms with Crippen molar-refractivity contribution in [2.24, 2.45) is 0 Å². The minimum absolute atomic E-state index is 0.662. The maximum atomic E-state index is 11.9. The highest BCUT2D eigenvalue weighted by Crippen LogP contribution is 2.31. The monoisotopic (exact) mass is 271 g/mol. The van der Waals surface area contributed by atoms with E-state index in [-0.39, 0.29) is 0 Å². The summed E-state index contributed by atoms with van der Waals surface area (Å²) >= 11 is 0. The zero-order chi connectivity index (χ0) is 13.2. The smallest absolute Gasteiger partial charge is 0.0527 e. The van der Waals surface area contributed by atoms with Gasteiger partial charge in [-0.1, -0.05) is 31.2 Å². The van der Waals surface area contributed by atoms with Crippen molar-refractivity contribution in [2.45, 2.75) is 24.7 Å². The quantitative estimate of drug-likeness (QED) is 0.903. The van der Waals surface area contributed by atoms with E-state index >= 15 is 0 Å². The first-order chi connectivity index (χ1) is 9.28. The van der Waals surface area contributed by atoms with Gasteiger partial charge < -0.3 is 5.32 Å². The molecule has 0 aliphatic carbocycles. The highest BCUT2D eigenvalue weighted by atomic mass is 32.2. The molecule has 1 unspecified atom stereocenters. The molecule has 1 aliphatic heterocycles. The lowest BCUT2D eigenvalue weighted by Gasteiger charge is -2.11. The summed E-state index contributed by atoms with van der Waals surface area (Å²) in [7, 11) is -0.892. The summed E-state index contributed by atoms with van der Waals surface area (Å²) in [6, 6.07) is 14.5. The number of rotatable bonds is 2. The Bertz CT molecular complexity index is 636. The molecule has 19 heavy (non-hydrogen) atoms. The largest absolute Gasteiger partial charge is 0.355 e. The van der Waals surface area contributed by atoms with Gasteiger partial charge in [0.15, 0.2) is 0 Å². The topological polar surface area (TPSA) is 29.1 Å². The molecule has 0 amide bonds. The lowest BCUT2D eigenvalue weighted by Crippen LogP contribution is -1.98. The van der Waals surface area contributed by atoms with E-state index in [0.717, 1.165) is 23.4 Å². The van der Waals surface area contributed by atoms with Crippen LogP contribution in [0.25, 0.3) is 0 Å². The van der Waals surface area contributed by atoms with Crippen LogP contribution in [-0.2, 0) is 23.6 Å². The van der Waals surface area contributed by atoms with Crippen LogP contribution in [-0.4, -0.2) is 9.96 Å². The van der Waals surface area contributed by atoms with Gasteiger partial charge in [-0.2, -0.15) is 0 Å². The molecule has 0 aromatic heterocycles. The molecule has 1 heterocycles. The summed E-state index contributed by atoms with van der Waals surface area (Å²) in [5.41, 5.74) is 4.91. The summed E-state index contributed by atoms with van der Waals surface area (Å²) in [6.07, 6.45) is 2.07. The van der Waals surface area contributed by atoms with Crippen molar-refractivity contribution in [2.75, 3.05) is 11.1 Å². The third-order valence-corrected chi connectivity index (χ3v) is 4.86. The van der Waals surface area contributed by atoms with Crippen LogP contribution in [0.2, 0.25) is 0 Å². The number of hydrogen-bond acceptors (Lipinski definition) is 2. The first kappa shape index (κ1) is 12.4. The van der Waals surface area contributed by atoms with Gasteiger partial charge in [-0.05, 0) is 42.2 Å². The van der Waals surface area contributed by atoms with E-state index in [9.17, 15) is 4.21 Å². The fraction of sp³-hybridized carbons (Fsp3) is 0.250. The Hall–Kier alpha value is -1.61. The molecule has 0 radical (unpaired) electrons. The lowest BCUT2D eigenvalue weighted by molar-refractivity contribution is 0.684. The van der Waals surface area contributed by atoms with Crippen molar-refractivity contribution in [3.8, 4) is 0 Å². The molecule has 0 spiro atoms. The maximum Gasteiger partial charge on any atom is 0.0527 e. The molecule has 2 aromatic carbocycles. The average Bonchev–Trinajstić information content (AvgIpc) is 2.64. The highest BCUT2D eigenvalue weighted by Gasteiger charge is 2.13. The number of fused-ring (bicyclic) bond motifs is 2. The molecule has 0 bridgehead atoms. The van der Waals surface area contributed by atoms with Crippen LogP contribution in [0.1, 0.15) is 18.1 Å². The Kier molecular flexibility index (Phi) is 3.38. The molecular weight excluding hydrogens is 254 g/mol. The number of benzene rings is 2. The number of hydrogen-bond donors (Lipinski definition) is 1.